The predicted octanol–water partition coefficient (Wildman–Crippen LogP) is 4.13. The van der Waals surface area contributed by atoms with E-state index in [2.05, 4.69) is 26.6 Å². The zero-order valence-corrected chi connectivity index (χ0v) is 12.8. The van der Waals surface area contributed by atoms with Gasteiger partial charge in [-0.05, 0) is 45.8 Å². The summed E-state index contributed by atoms with van der Waals surface area (Å²) in [6, 6.07) is 12.2. The lowest BCUT2D eigenvalue weighted by Crippen LogP contribution is -2.17. The summed E-state index contributed by atoms with van der Waals surface area (Å²) in [7, 11) is 0. The molecule has 0 spiro atoms. The molecule has 1 aliphatic rings. The summed E-state index contributed by atoms with van der Waals surface area (Å²) in [4.78, 5) is 12.2. The number of para-hydroxylation sites is 1. The molecule has 5 heteroatoms. The number of amides is 1. The molecule has 0 aliphatic carbocycles. The van der Waals surface area contributed by atoms with E-state index in [4.69, 9.17) is 0 Å². The van der Waals surface area contributed by atoms with Crippen LogP contribution in [-0.2, 0) is 4.79 Å². The number of nitrogens with one attached hydrogen (secondary N) is 2. The Balaban J connectivity index is 1.68. The molecule has 1 aliphatic heterocycles. The normalized spacial score (nSPS) is 16.2. The number of halogens is 2. The molecule has 0 aromatic heterocycles. The summed E-state index contributed by atoms with van der Waals surface area (Å²) >= 11 is 3.25. The van der Waals surface area contributed by atoms with Crippen LogP contribution in [0.3, 0.4) is 0 Å². The smallest absolute Gasteiger partial charge is 0.225 e. The van der Waals surface area contributed by atoms with Crippen molar-refractivity contribution in [3.8, 4) is 0 Å². The lowest BCUT2D eigenvalue weighted by Gasteiger charge is -2.11. The highest BCUT2D eigenvalue weighted by Gasteiger charge is 2.24. The van der Waals surface area contributed by atoms with Gasteiger partial charge >= 0.3 is 0 Å². The molecule has 21 heavy (non-hydrogen) atoms. The summed E-state index contributed by atoms with van der Waals surface area (Å²) in [5.74, 6) is -0.250. The first kappa shape index (κ1) is 14.1. The number of hydrogen-bond donors (Lipinski definition) is 2. The lowest BCUT2D eigenvalue weighted by atomic mass is 9.97. The van der Waals surface area contributed by atoms with E-state index in [1.54, 1.807) is 6.07 Å². The maximum Gasteiger partial charge on any atom is 0.225 e. The third kappa shape index (κ3) is 3.08. The fraction of sp³-hybridized carbons (Fsp3) is 0.188. The first-order valence-electron chi connectivity index (χ1n) is 6.71. The van der Waals surface area contributed by atoms with E-state index < -0.39 is 0 Å². The Morgan fingerprint density at radius 3 is 2.95 bits per heavy atom. The zero-order valence-electron chi connectivity index (χ0n) is 11.2. The standard InChI is InChI=1S/C16H14BrFN2O/c17-13-8-11(18)5-6-15(13)20-16(21)7-10-9-19-14-4-2-1-3-12(10)14/h1-6,8,10,19H,7,9H2,(H,20,21). The molecule has 3 nitrogen and oxygen atoms in total. The van der Waals surface area contributed by atoms with Gasteiger partial charge in [-0.15, -0.1) is 0 Å². The molecule has 2 N–H and O–H groups in total. The predicted molar refractivity (Wildman–Crippen MR) is 85.0 cm³/mol. The van der Waals surface area contributed by atoms with Crippen LogP contribution in [0.25, 0.3) is 0 Å². The number of hydrogen-bond acceptors (Lipinski definition) is 2. The summed E-state index contributed by atoms with van der Waals surface area (Å²) < 4.78 is 13.6. The van der Waals surface area contributed by atoms with Gasteiger partial charge in [0.05, 0.1) is 5.69 Å². The third-order valence-corrected chi connectivity index (χ3v) is 4.23. The molecule has 1 amide bonds. The van der Waals surface area contributed by atoms with E-state index in [9.17, 15) is 9.18 Å². The first-order chi connectivity index (χ1) is 10.1. The zero-order chi connectivity index (χ0) is 14.8. The second kappa shape index (κ2) is 5.85. The summed E-state index contributed by atoms with van der Waals surface area (Å²) in [5.41, 5.74) is 2.85. The number of rotatable bonds is 3. The Hall–Kier alpha value is -1.88. The van der Waals surface area contributed by atoms with Gasteiger partial charge in [-0.2, -0.15) is 0 Å². The number of carbonyl (C=O) groups is 1. The molecule has 1 unspecified atom stereocenters. The van der Waals surface area contributed by atoms with Crippen LogP contribution in [0.2, 0.25) is 0 Å². The highest BCUT2D eigenvalue weighted by molar-refractivity contribution is 9.10. The third-order valence-electron chi connectivity index (χ3n) is 3.58. The largest absolute Gasteiger partial charge is 0.384 e. The maximum atomic E-state index is 13.0. The van der Waals surface area contributed by atoms with Crippen molar-refractivity contribution in [2.75, 3.05) is 17.2 Å². The van der Waals surface area contributed by atoms with E-state index in [1.807, 2.05) is 24.3 Å². The number of fused-ring (bicyclic) bond motifs is 1. The van der Waals surface area contributed by atoms with Crippen LogP contribution >= 0.6 is 15.9 Å². The van der Waals surface area contributed by atoms with Crippen LogP contribution in [0.5, 0.6) is 0 Å². The van der Waals surface area contributed by atoms with Gasteiger partial charge in [0, 0.05) is 29.0 Å². The van der Waals surface area contributed by atoms with Gasteiger partial charge in [0.15, 0.2) is 0 Å². The second-order valence-electron chi connectivity index (χ2n) is 5.04. The Labute approximate surface area is 130 Å². The van der Waals surface area contributed by atoms with Crippen molar-refractivity contribution in [1.82, 2.24) is 0 Å². The monoisotopic (exact) mass is 348 g/mol. The van der Waals surface area contributed by atoms with E-state index >= 15 is 0 Å². The SMILES string of the molecule is O=C(CC1CNc2ccccc21)Nc1ccc(F)cc1Br. The molecule has 0 bridgehead atoms. The highest BCUT2D eigenvalue weighted by Crippen LogP contribution is 2.33. The first-order valence-corrected chi connectivity index (χ1v) is 7.50. The second-order valence-corrected chi connectivity index (χ2v) is 5.90. The van der Waals surface area contributed by atoms with Crippen molar-refractivity contribution in [1.29, 1.82) is 0 Å². The topological polar surface area (TPSA) is 41.1 Å². The van der Waals surface area contributed by atoms with Gasteiger partial charge in [0.25, 0.3) is 0 Å². The van der Waals surface area contributed by atoms with Crippen molar-refractivity contribution < 1.29 is 9.18 Å². The number of anilines is 2. The Kier molecular flexibility index (Phi) is 3.92. The van der Waals surface area contributed by atoms with Crippen LogP contribution in [0.15, 0.2) is 46.9 Å². The molecule has 0 fully saturated rings. The van der Waals surface area contributed by atoms with Gasteiger partial charge in [0.1, 0.15) is 5.82 Å². The number of benzene rings is 2. The van der Waals surface area contributed by atoms with Gasteiger partial charge in [-0.3, -0.25) is 4.79 Å². The fourth-order valence-electron chi connectivity index (χ4n) is 2.56. The van der Waals surface area contributed by atoms with Crippen molar-refractivity contribution >= 4 is 33.2 Å². The summed E-state index contributed by atoms with van der Waals surface area (Å²) in [5, 5.41) is 6.11. The number of carbonyl (C=O) groups excluding carboxylic acids is 1. The average molecular weight is 349 g/mol. The van der Waals surface area contributed by atoms with E-state index in [0.717, 1.165) is 12.2 Å². The highest BCUT2D eigenvalue weighted by atomic mass is 79.9. The lowest BCUT2D eigenvalue weighted by molar-refractivity contribution is -0.116. The van der Waals surface area contributed by atoms with Crippen molar-refractivity contribution in [2.24, 2.45) is 0 Å². The molecule has 108 valence electrons. The van der Waals surface area contributed by atoms with Crippen molar-refractivity contribution in [3.63, 3.8) is 0 Å². The maximum absolute atomic E-state index is 13.0. The minimum absolute atomic E-state index is 0.0780. The molecule has 1 heterocycles. The Bertz CT molecular complexity index is 690. The van der Waals surface area contributed by atoms with Gasteiger partial charge in [-0.25, -0.2) is 4.39 Å². The molecule has 3 rings (SSSR count). The minimum atomic E-state index is -0.339. The van der Waals surface area contributed by atoms with E-state index in [1.165, 1.54) is 17.7 Å². The Morgan fingerprint density at radius 1 is 1.33 bits per heavy atom. The molecule has 2 aromatic carbocycles. The molecular weight excluding hydrogens is 335 g/mol. The van der Waals surface area contributed by atoms with Crippen LogP contribution in [0.1, 0.15) is 17.9 Å². The van der Waals surface area contributed by atoms with Gasteiger partial charge in [0.2, 0.25) is 5.91 Å². The quantitative estimate of drug-likeness (QED) is 0.875. The van der Waals surface area contributed by atoms with Gasteiger partial charge < -0.3 is 10.6 Å². The van der Waals surface area contributed by atoms with Crippen molar-refractivity contribution in [3.05, 3.63) is 58.3 Å². The van der Waals surface area contributed by atoms with Crippen LogP contribution in [0.4, 0.5) is 15.8 Å². The molecule has 2 aromatic rings. The van der Waals surface area contributed by atoms with Crippen LogP contribution in [-0.4, -0.2) is 12.5 Å². The minimum Gasteiger partial charge on any atom is -0.384 e. The van der Waals surface area contributed by atoms with E-state index in [0.29, 0.717) is 16.6 Å². The Morgan fingerprint density at radius 2 is 2.14 bits per heavy atom. The summed E-state index contributed by atoms with van der Waals surface area (Å²) in [6.45, 7) is 0.761. The fourth-order valence-corrected chi connectivity index (χ4v) is 3.01. The molecule has 0 radical (unpaired) electrons. The molecule has 0 saturated carbocycles. The average Bonchev–Trinajstić information content (AvgIpc) is 2.85. The van der Waals surface area contributed by atoms with E-state index in [-0.39, 0.29) is 17.6 Å². The van der Waals surface area contributed by atoms with Crippen LogP contribution in [0, 0.1) is 5.82 Å². The molecular formula is C16H14BrFN2O. The van der Waals surface area contributed by atoms with Gasteiger partial charge in [-0.1, -0.05) is 18.2 Å². The summed E-state index contributed by atoms with van der Waals surface area (Å²) in [6.07, 6.45) is 0.397. The van der Waals surface area contributed by atoms with Crippen molar-refractivity contribution in [2.45, 2.75) is 12.3 Å². The molecule has 1 atom stereocenters. The molecule has 0 saturated heterocycles. The van der Waals surface area contributed by atoms with Crippen LogP contribution < -0.4 is 10.6 Å².